The molecule has 0 aliphatic carbocycles. The second-order valence-corrected chi connectivity index (χ2v) is 5.42. The molecule has 0 atom stereocenters. The van der Waals surface area contributed by atoms with E-state index < -0.39 is 0 Å². The fourth-order valence-electron chi connectivity index (χ4n) is 2.68. The van der Waals surface area contributed by atoms with E-state index in [0.717, 1.165) is 18.9 Å². The SMILES string of the molecule is O=C(NCc1nnc2ccc(N3CCCC3)nn12)c1cnc[nH]1. The summed E-state index contributed by atoms with van der Waals surface area (Å²) in [6, 6.07) is 3.86. The number of nitrogens with zero attached hydrogens (tertiary/aromatic N) is 6. The number of hydrogen-bond acceptors (Lipinski definition) is 6. The summed E-state index contributed by atoms with van der Waals surface area (Å²) in [7, 11) is 0. The molecular formula is C14H16N8O. The highest BCUT2D eigenvalue weighted by atomic mass is 16.1. The lowest BCUT2D eigenvalue weighted by atomic mass is 10.4. The second-order valence-electron chi connectivity index (χ2n) is 5.42. The van der Waals surface area contributed by atoms with Crippen LogP contribution in [0.2, 0.25) is 0 Å². The number of amides is 1. The first-order valence-corrected chi connectivity index (χ1v) is 7.54. The van der Waals surface area contributed by atoms with Crippen LogP contribution in [-0.4, -0.2) is 48.8 Å². The molecule has 0 bridgehead atoms. The minimum absolute atomic E-state index is 0.241. The van der Waals surface area contributed by atoms with E-state index in [2.05, 4.69) is 35.5 Å². The summed E-state index contributed by atoms with van der Waals surface area (Å²) in [5.74, 6) is 1.26. The first-order chi connectivity index (χ1) is 11.3. The maximum absolute atomic E-state index is 11.9. The van der Waals surface area contributed by atoms with Crippen molar-refractivity contribution in [2.75, 3.05) is 18.0 Å². The number of nitrogens with one attached hydrogen (secondary N) is 2. The summed E-state index contributed by atoms with van der Waals surface area (Å²) >= 11 is 0. The zero-order valence-corrected chi connectivity index (χ0v) is 12.4. The maximum atomic E-state index is 11.9. The third-order valence-electron chi connectivity index (χ3n) is 3.89. The van der Waals surface area contributed by atoms with Gasteiger partial charge in [0.15, 0.2) is 11.5 Å². The van der Waals surface area contributed by atoms with E-state index in [1.54, 1.807) is 4.52 Å². The number of carbonyl (C=O) groups is 1. The highest BCUT2D eigenvalue weighted by Gasteiger charge is 2.16. The molecule has 9 heteroatoms. The Kier molecular flexibility index (Phi) is 3.37. The lowest BCUT2D eigenvalue weighted by Crippen LogP contribution is -2.25. The summed E-state index contributed by atoms with van der Waals surface area (Å²) in [6.45, 7) is 2.29. The number of H-pyrrole nitrogens is 1. The molecule has 1 fully saturated rings. The molecular weight excluding hydrogens is 296 g/mol. The molecule has 118 valence electrons. The van der Waals surface area contributed by atoms with E-state index in [0.29, 0.717) is 17.2 Å². The Labute approximate surface area is 131 Å². The van der Waals surface area contributed by atoms with Crippen molar-refractivity contribution in [3.63, 3.8) is 0 Å². The van der Waals surface area contributed by atoms with Gasteiger partial charge >= 0.3 is 0 Å². The van der Waals surface area contributed by atoms with Gasteiger partial charge in [-0.15, -0.1) is 15.3 Å². The quantitative estimate of drug-likeness (QED) is 0.721. The van der Waals surface area contributed by atoms with Gasteiger partial charge < -0.3 is 15.2 Å². The van der Waals surface area contributed by atoms with E-state index in [4.69, 9.17) is 0 Å². The van der Waals surface area contributed by atoms with Gasteiger partial charge in [0.05, 0.1) is 19.1 Å². The summed E-state index contributed by atoms with van der Waals surface area (Å²) in [5.41, 5.74) is 1.07. The van der Waals surface area contributed by atoms with Gasteiger partial charge in [0.25, 0.3) is 5.91 Å². The maximum Gasteiger partial charge on any atom is 0.269 e. The van der Waals surface area contributed by atoms with Crippen molar-refractivity contribution < 1.29 is 4.79 Å². The number of anilines is 1. The smallest absolute Gasteiger partial charge is 0.269 e. The molecule has 0 unspecified atom stereocenters. The monoisotopic (exact) mass is 312 g/mol. The highest BCUT2D eigenvalue weighted by Crippen LogP contribution is 2.17. The Hall–Kier alpha value is -2.97. The average Bonchev–Trinajstić information content (AvgIpc) is 3.33. The van der Waals surface area contributed by atoms with Crippen LogP contribution in [0.3, 0.4) is 0 Å². The van der Waals surface area contributed by atoms with Crippen molar-refractivity contribution in [1.82, 2.24) is 35.1 Å². The van der Waals surface area contributed by atoms with E-state index in [1.165, 1.54) is 25.4 Å². The lowest BCUT2D eigenvalue weighted by molar-refractivity contribution is 0.0945. The normalized spacial score (nSPS) is 14.5. The third-order valence-corrected chi connectivity index (χ3v) is 3.89. The first kappa shape index (κ1) is 13.7. The molecule has 1 amide bonds. The standard InChI is InChI=1S/C14H16N8O/c23-14(10-7-15-9-17-10)16-8-13-19-18-11-3-4-12(20-22(11)13)21-5-1-2-6-21/h3-4,7,9H,1-2,5-6,8H2,(H,15,17)(H,16,23). The molecule has 0 spiro atoms. The van der Waals surface area contributed by atoms with Crippen molar-refractivity contribution in [1.29, 1.82) is 0 Å². The van der Waals surface area contributed by atoms with E-state index >= 15 is 0 Å². The summed E-state index contributed by atoms with van der Waals surface area (Å²) < 4.78 is 1.68. The van der Waals surface area contributed by atoms with Crippen LogP contribution in [0.5, 0.6) is 0 Å². The van der Waals surface area contributed by atoms with Gasteiger partial charge in [0, 0.05) is 13.1 Å². The van der Waals surface area contributed by atoms with Crippen LogP contribution in [0.15, 0.2) is 24.7 Å². The van der Waals surface area contributed by atoms with Gasteiger partial charge in [-0.1, -0.05) is 0 Å². The van der Waals surface area contributed by atoms with Crippen LogP contribution < -0.4 is 10.2 Å². The van der Waals surface area contributed by atoms with Crippen molar-refractivity contribution in [3.05, 3.63) is 36.2 Å². The predicted octanol–water partition coefficient (Wildman–Crippen LogP) is 0.378. The van der Waals surface area contributed by atoms with Crippen LogP contribution >= 0.6 is 0 Å². The van der Waals surface area contributed by atoms with Crippen LogP contribution in [0, 0.1) is 0 Å². The molecule has 4 rings (SSSR count). The predicted molar refractivity (Wildman–Crippen MR) is 82.0 cm³/mol. The Bertz CT molecular complexity index is 819. The Morgan fingerprint density at radius 1 is 1.26 bits per heavy atom. The summed E-state index contributed by atoms with van der Waals surface area (Å²) in [4.78, 5) is 20.8. The highest BCUT2D eigenvalue weighted by molar-refractivity contribution is 5.91. The van der Waals surface area contributed by atoms with E-state index in [1.807, 2.05) is 12.1 Å². The van der Waals surface area contributed by atoms with Crippen molar-refractivity contribution in [3.8, 4) is 0 Å². The summed E-state index contributed by atoms with van der Waals surface area (Å²) in [5, 5.41) is 15.6. The third kappa shape index (κ3) is 2.60. The molecule has 3 aromatic rings. The van der Waals surface area contributed by atoms with Gasteiger partial charge in [-0.2, -0.15) is 4.52 Å². The molecule has 2 N–H and O–H groups in total. The van der Waals surface area contributed by atoms with Gasteiger partial charge in [0.2, 0.25) is 0 Å². The second kappa shape index (κ2) is 5.67. The van der Waals surface area contributed by atoms with Gasteiger partial charge in [0.1, 0.15) is 11.5 Å². The van der Waals surface area contributed by atoms with Crippen LogP contribution in [0.25, 0.3) is 5.65 Å². The molecule has 0 aromatic carbocycles. The number of fused-ring (bicyclic) bond motifs is 1. The molecule has 4 heterocycles. The number of aromatic nitrogens is 6. The molecule has 0 radical (unpaired) electrons. The van der Waals surface area contributed by atoms with Crippen molar-refractivity contribution in [2.24, 2.45) is 0 Å². The zero-order chi connectivity index (χ0) is 15.6. The van der Waals surface area contributed by atoms with Crippen molar-refractivity contribution in [2.45, 2.75) is 19.4 Å². The van der Waals surface area contributed by atoms with Crippen LogP contribution in [0.4, 0.5) is 5.82 Å². The number of carbonyl (C=O) groups excluding carboxylic acids is 1. The van der Waals surface area contributed by atoms with Crippen molar-refractivity contribution >= 4 is 17.4 Å². The fraction of sp³-hybridized carbons (Fsp3) is 0.357. The molecule has 23 heavy (non-hydrogen) atoms. The lowest BCUT2D eigenvalue weighted by Gasteiger charge is -2.15. The van der Waals surface area contributed by atoms with E-state index in [9.17, 15) is 4.79 Å². The van der Waals surface area contributed by atoms with Crippen LogP contribution in [-0.2, 0) is 6.54 Å². The minimum atomic E-state index is -0.241. The molecule has 0 saturated carbocycles. The molecule has 1 aliphatic rings. The van der Waals surface area contributed by atoms with Gasteiger partial charge in [-0.25, -0.2) is 4.98 Å². The minimum Gasteiger partial charge on any atom is -0.355 e. The van der Waals surface area contributed by atoms with Gasteiger partial charge in [-0.05, 0) is 25.0 Å². The molecule has 3 aromatic heterocycles. The Morgan fingerprint density at radius 2 is 2.13 bits per heavy atom. The van der Waals surface area contributed by atoms with E-state index in [-0.39, 0.29) is 12.5 Å². The number of imidazole rings is 1. The molecule has 9 nitrogen and oxygen atoms in total. The fourth-order valence-corrected chi connectivity index (χ4v) is 2.68. The van der Waals surface area contributed by atoms with Gasteiger partial charge in [-0.3, -0.25) is 4.79 Å². The Morgan fingerprint density at radius 3 is 2.91 bits per heavy atom. The number of aromatic amines is 1. The number of rotatable bonds is 4. The topological polar surface area (TPSA) is 104 Å². The zero-order valence-electron chi connectivity index (χ0n) is 12.4. The number of hydrogen-bond donors (Lipinski definition) is 2. The largest absolute Gasteiger partial charge is 0.355 e. The Balaban J connectivity index is 1.54. The summed E-state index contributed by atoms with van der Waals surface area (Å²) in [6.07, 6.45) is 5.32. The van der Waals surface area contributed by atoms with Crippen LogP contribution in [0.1, 0.15) is 29.2 Å². The first-order valence-electron chi connectivity index (χ1n) is 7.54. The average molecular weight is 312 g/mol. The molecule has 1 aliphatic heterocycles. The molecule has 1 saturated heterocycles.